The molecule has 14 heteroatoms. The third-order valence-corrected chi connectivity index (χ3v) is 7.39. The molecule has 0 atom stereocenters. The van der Waals surface area contributed by atoms with E-state index in [1.54, 1.807) is 31.8 Å². The number of nitrogens with one attached hydrogen (secondary N) is 1. The van der Waals surface area contributed by atoms with Crippen LogP contribution >= 0.6 is 27.3 Å². The van der Waals surface area contributed by atoms with Gasteiger partial charge in [-0.3, -0.25) is 19.0 Å². The van der Waals surface area contributed by atoms with Gasteiger partial charge in [-0.2, -0.15) is 23.4 Å². The minimum Gasteiger partial charge on any atom is -0.365 e. The number of primary amides is 1. The molecular weight excluding hydrogens is 551 g/mol. The van der Waals surface area contributed by atoms with Crippen LogP contribution in [0, 0.1) is 13.8 Å². The van der Waals surface area contributed by atoms with Gasteiger partial charge in [0.15, 0.2) is 0 Å². The van der Waals surface area contributed by atoms with Crippen molar-refractivity contribution in [3.63, 3.8) is 0 Å². The lowest BCUT2D eigenvalue weighted by atomic mass is 10.0. The first kappa shape index (κ1) is 24.9. The molecule has 4 rings (SSSR count). The molecule has 0 saturated heterocycles. The maximum atomic E-state index is 13.7. The summed E-state index contributed by atoms with van der Waals surface area (Å²) in [6, 6.07) is 0.892. The molecule has 0 saturated carbocycles. The highest BCUT2D eigenvalue weighted by Gasteiger charge is 2.35. The fourth-order valence-corrected chi connectivity index (χ4v) is 5.27. The van der Waals surface area contributed by atoms with Gasteiger partial charge in [0, 0.05) is 30.7 Å². The van der Waals surface area contributed by atoms with Crippen LogP contribution in [0.3, 0.4) is 0 Å². The smallest absolute Gasteiger partial charge is 0.365 e. The van der Waals surface area contributed by atoms with Gasteiger partial charge in [-0.1, -0.05) is 0 Å². The second-order valence-electron chi connectivity index (χ2n) is 7.71. The van der Waals surface area contributed by atoms with Gasteiger partial charge in [-0.05, 0) is 48.3 Å². The van der Waals surface area contributed by atoms with Gasteiger partial charge in [-0.25, -0.2) is 4.98 Å². The van der Waals surface area contributed by atoms with Crippen molar-refractivity contribution in [2.24, 2.45) is 12.8 Å². The van der Waals surface area contributed by atoms with E-state index in [-0.39, 0.29) is 32.0 Å². The number of nitrogens with two attached hydrogens (primary N) is 1. The van der Waals surface area contributed by atoms with Crippen LogP contribution in [0.15, 0.2) is 16.7 Å². The first-order chi connectivity index (χ1) is 16.3. The highest BCUT2D eigenvalue weighted by Crippen LogP contribution is 2.44. The Balaban J connectivity index is 2.02. The Hall–Kier alpha value is -3.26. The van der Waals surface area contributed by atoms with E-state index >= 15 is 0 Å². The van der Waals surface area contributed by atoms with Crippen molar-refractivity contribution in [1.29, 1.82) is 0 Å². The van der Waals surface area contributed by atoms with Crippen molar-refractivity contribution in [1.82, 2.24) is 24.5 Å². The van der Waals surface area contributed by atoms with E-state index in [9.17, 15) is 22.8 Å². The summed E-state index contributed by atoms with van der Waals surface area (Å²) in [7, 11) is 1.57. The van der Waals surface area contributed by atoms with E-state index in [4.69, 9.17) is 5.73 Å². The molecule has 4 heterocycles. The molecule has 9 nitrogen and oxygen atoms in total. The monoisotopic (exact) mass is 569 g/mol. The Morgan fingerprint density at radius 3 is 2.40 bits per heavy atom. The van der Waals surface area contributed by atoms with E-state index in [1.165, 1.54) is 4.68 Å². The molecule has 4 aromatic heterocycles. The van der Waals surface area contributed by atoms with E-state index in [1.807, 2.05) is 6.92 Å². The number of nitrogens with zero attached hydrogens (tertiary/aromatic N) is 5. The lowest BCUT2D eigenvalue weighted by Gasteiger charge is -2.12. The van der Waals surface area contributed by atoms with E-state index in [0.29, 0.717) is 39.3 Å². The average Bonchev–Trinajstić information content (AvgIpc) is 3.40. The molecule has 3 N–H and O–H groups in total. The Labute approximate surface area is 209 Å². The Morgan fingerprint density at radius 2 is 1.89 bits per heavy atom. The number of alkyl halides is 3. The quantitative estimate of drug-likeness (QED) is 0.362. The number of carbonyl (C=O) groups is 2. The molecule has 0 aliphatic heterocycles. The van der Waals surface area contributed by atoms with Gasteiger partial charge in [0.2, 0.25) is 0 Å². The minimum atomic E-state index is -4.74. The number of amides is 2. The molecule has 0 aliphatic carbocycles. The molecule has 184 valence electrons. The van der Waals surface area contributed by atoms with Crippen molar-refractivity contribution in [2.45, 2.75) is 33.5 Å². The summed E-state index contributed by atoms with van der Waals surface area (Å²) in [4.78, 5) is 29.0. The largest absolute Gasteiger partial charge is 0.433 e. The second-order valence-corrected chi connectivity index (χ2v) is 9.51. The van der Waals surface area contributed by atoms with Crippen molar-refractivity contribution >= 4 is 55.0 Å². The van der Waals surface area contributed by atoms with Crippen LogP contribution in [-0.4, -0.2) is 36.4 Å². The summed E-state index contributed by atoms with van der Waals surface area (Å²) in [5.74, 6) is -1.54. The number of hydrogen-bond acceptors (Lipinski definition) is 6. The Morgan fingerprint density at radius 1 is 1.20 bits per heavy atom. The third kappa shape index (κ3) is 4.31. The predicted octanol–water partition coefficient (Wildman–Crippen LogP) is 4.66. The average molecular weight is 570 g/mol. The summed E-state index contributed by atoms with van der Waals surface area (Å²) in [5, 5.41) is 11.3. The molecule has 2 amide bonds. The molecule has 35 heavy (non-hydrogen) atoms. The van der Waals surface area contributed by atoms with Crippen LogP contribution in [0.1, 0.15) is 44.2 Å². The van der Waals surface area contributed by atoms with Crippen LogP contribution in [0.4, 0.5) is 18.9 Å². The number of pyridine rings is 1. The predicted molar refractivity (Wildman–Crippen MR) is 128 cm³/mol. The van der Waals surface area contributed by atoms with Crippen molar-refractivity contribution < 1.29 is 22.8 Å². The number of aromatic nitrogens is 5. The fraction of sp³-hybridized carbons (Fsp3) is 0.286. The number of fused-ring (bicyclic) bond motifs is 1. The summed E-state index contributed by atoms with van der Waals surface area (Å²) >= 11 is 4.00. The maximum Gasteiger partial charge on any atom is 0.433 e. The minimum absolute atomic E-state index is 0.0203. The number of thiophene rings is 1. The SMILES string of the molecule is CCn1cc(-c2cc(C(F)(F)F)nc3sc(C(N)=O)c(NC(=O)c4c(Br)c(C)nn4C)c23)c(C)n1. The molecule has 4 aromatic rings. The zero-order valence-corrected chi connectivity index (χ0v) is 21.3. The third-order valence-electron chi connectivity index (χ3n) is 5.34. The van der Waals surface area contributed by atoms with Crippen LogP contribution in [-0.2, 0) is 19.8 Å². The normalized spacial score (nSPS) is 11.9. The molecule has 0 unspecified atom stereocenters. The summed E-state index contributed by atoms with van der Waals surface area (Å²) in [6.07, 6.45) is -3.13. The highest BCUT2D eigenvalue weighted by molar-refractivity contribution is 9.10. The number of carbonyl (C=O) groups excluding carboxylic acids is 2. The van der Waals surface area contributed by atoms with Crippen molar-refractivity contribution in [2.75, 3.05) is 5.32 Å². The zero-order valence-electron chi connectivity index (χ0n) is 18.9. The number of aryl methyl sites for hydroxylation is 4. The molecule has 0 fully saturated rings. The van der Waals surface area contributed by atoms with Crippen LogP contribution < -0.4 is 11.1 Å². The zero-order chi connectivity index (χ0) is 25.8. The van der Waals surface area contributed by atoms with Gasteiger partial charge in [0.1, 0.15) is 21.1 Å². The number of hydrogen-bond donors (Lipinski definition) is 2. The summed E-state index contributed by atoms with van der Waals surface area (Å²) in [6.45, 7) is 5.70. The summed E-state index contributed by atoms with van der Waals surface area (Å²) in [5.41, 5.74) is 6.12. The molecule has 0 spiro atoms. The molecule has 0 radical (unpaired) electrons. The molecule has 0 aliphatic rings. The lowest BCUT2D eigenvalue weighted by molar-refractivity contribution is -0.140. The van der Waals surface area contributed by atoms with E-state index in [2.05, 4.69) is 36.4 Å². The van der Waals surface area contributed by atoms with Crippen LogP contribution in [0.5, 0.6) is 0 Å². The van der Waals surface area contributed by atoms with Crippen LogP contribution in [0.2, 0.25) is 0 Å². The first-order valence-corrected chi connectivity index (χ1v) is 11.8. The molecular formula is C21H19BrF3N7O2S. The van der Waals surface area contributed by atoms with E-state index in [0.717, 1.165) is 6.07 Å². The number of rotatable bonds is 5. The first-order valence-electron chi connectivity index (χ1n) is 10.2. The van der Waals surface area contributed by atoms with Crippen molar-refractivity contribution in [3.05, 3.63) is 44.4 Å². The van der Waals surface area contributed by atoms with Gasteiger partial charge in [0.25, 0.3) is 11.8 Å². The maximum absolute atomic E-state index is 13.7. The Bertz CT molecular complexity index is 1500. The topological polar surface area (TPSA) is 121 Å². The summed E-state index contributed by atoms with van der Waals surface area (Å²) < 4.78 is 44.5. The standard InChI is InChI=1S/C21H19BrF3N7O2S/c1-5-32-7-11(8(2)30-32)10-6-12(21(23,24)25)27-20-13(10)15(17(35-20)18(26)33)28-19(34)16-14(22)9(3)29-31(16)4/h6-7H,5H2,1-4H3,(H2,26,33)(H,28,34). The van der Waals surface area contributed by atoms with Gasteiger partial charge >= 0.3 is 6.18 Å². The van der Waals surface area contributed by atoms with Crippen molar-refractivity contribution in [3.8, 4) is 11.1 Å². The van der Waals surface area contributed by atoms with Gasteiger partial charge < -0.3 is 11.1 Å². The van der Waals surface area contributed by atoms with Crippen LogP contribution in [0.25, 0.3) is 21.3 Å². The van der Waals surface area contributed by atoms with Gasteiger partial charge in [0.05, 0.1) is 21.5 Å². The molecule has 0 aromatic carbocycles. The lowest BCUT2D eigenvalue weighted by Crippen LogP contribution is -2.19. The number of halogens is 4. The Kier molecular flexibility index (Phi) is 6.21. The highest BCUT2D eigenvalue weighted by atomic mass is 79.9. The fourth-order valence-electron chi connectivity index (χ4n) is 3.74. The number of anilines is 1. The molecule has 0 bridgehead atoms. The second kappa shape index (κ2) is 8.75. The van der Waals surface area contributed by atoms with E-state index < -0.39 is 23.7 Å². The van der Waals surface area contributed by atoms with Gasteiger partial charge in [-0.15, -0.1) is 11.3 Å².